The Morgan fingerprint density at radius 3 is 2.38 bits per heavy atom. The van der Waals surface area contributed by atoms with Crippen molar-refractivity contribution in [3.8, 4) is 0 Å². The minimum Gasteiger partial charge on any atom is -0.333 e. The zero-order chi connectivity index (χ0) is 15.4. The average molecular weight is 294 g/mol. The molecule has 2 rings (SSSR count). The van der Waals surface area contributed by atoms with Gasteiger partial charge < -0.3 is 4.90 Å². The Morgan fingerprint density at radius 2 is 1.86 bits per heavy atom. The molecule has 0 saturated carbocycles. The predicted octanol–water partition coefficient (Wildman–Crippen LogP) is 3.16. The fourth-order valence-electron chi connectivity index (χ4n) is 1.88. The molecule has 0 radical (unpaired) electrons. The third-order valence-electron chi connectivity index (χ3n) is 2.98. The Balaban J connectivity index is 2.24. The third-order valence-corrected chi connectivity index (χ3v) is 2.98. The zero-order valence-corrected chi connectivity index (χ0v) is 11.3. The molecule has 1 aromatic carbocycles. The molecule has 0 spiro atoms. The summed E-state index contributed by atoms with van der Waals surface area (Å²) >= 11 is 0. The van der Waals surface area contributed by atoms with E-state index in [1.807, 2.05) is 0 Å². The summed E-state index contributed by atoms with van der Waals surface area (Å²) in [6, 6.07) is 6.65. The maximum atomic E-state index is 13.2. The maximum absolute atomic E-state index is 13.2. The van der Waals surface area contributed by atoms with Crippen molar-refractivity contribution in [3.63, 3.8) is 0 Å². The first-order valence-corrected chi connectivity index (χ1v) is 6.36. The van der Waals surface area contributed by atoms with Gasteiger partial charge in [-0.3, -0.25) is 9.78 Å². The molecule has 6 heteroatoms. The van der Waals surface area contributed by atoms with Crippen molar-refractivity contribution in [3.05, 3.63) is 65.2 Å². The molecule has 110 valence electrons. The van der Waals surface area contributed by atoms with E-state index >= 15 is 0 Å². The maximum Gasteiger partial charge on any atom is 0.254 e. The van der Waals surface area contributed by atoms with Crippen LogP contribution < -0.4 is 0 Å². The summed E-state index contributed by atoms with van der Waals surface area (Å²) in [7, 11) is 0. The molecule has 0 N–H and O–H groups in total. The molecular weight excluding hydrogens is 281 g/mol. The lowest BCUT2D eigenvalue weighted by Crippen LogP contribution is -2.30. The molecule has 0 saturated heterocycles. The van der Waals surface area contributed by atoms with Crippen LogP contribution in [0.25, 0.3) is 0 Å². The molecule has 21 heavy (non-hydrogen) atoms. The lowest BCUT2D eigenvalue weighted by Gasteiger charge is -2.20. The first kappa shape index (κ1) is 15.0. The number of rotatable bonds is 4. The van der Waals surface area contributed by atoms with Gasteiger partial charge in [0.1, 0.15) is 0 Å². The molecule has 2 aromatic rings. The number of halogens is 3. The largest absolute Gasteiger partial charge is 0.333 e. The van der Waals surface area contributed by atoms with E-state index in [0.29, 0.717) is 24.4 Å². The van der Waals surface area contributed by atoms with Gasteiger partial charge in [0, 0.05) is 18.3 Å². The second-order valence-corrected chi connectivity index (χ2v) is 4.39. The monoisotopic (exact) mass is 294 g/mol. The number of carbonyl (C=O) groups is 1. The summed E-state index contributed by atoms with van der Waals surface area (Å²) in [5, 5.41) is 0. The Hall–Kier alpha value is -2.37. The van der Waals surface area contributed by atoms with E-state index in [0.717, 1.165) is 0 Å². The molecule has 0 fully saturated rings. The average Bonchev–Trinajstić information content (AvgIpc) is 2.50. The number of aromatic nitrogens is 1. The fraction of sp³-hybridized carbons (Fsp3) is 0.200. The van der Waals surface area contributed by atoms with Crippen molar-refractivity contribution in [2.75, 3.05) is 6.54 Å². The van der Waals surface area contributed by atoms with Gasteiger partial charge in [0.15, 0.2) is 17.5 Å². The first-order chi connectivity index (χ1) is 10.0. The van der Waals surface area contributed by atoms with Crippen molar-refractivity contribution in [1.29, 1.82) is 0 Å². The van der Waals surface area contributed by atoms with Crippen LogP contribution in [-0.4, -0.2) is 22.3 Å². The van der Waals surface area contributed by atoms with E-state index in [2.05, 4.69) is 4.98 Å². The van der Waals surface area contributed by atoms with Crippen LogP contribution in [0.15, 0.2) is 36.5 Å². The standard InChI is InChI=1S/C15H13F3N2O/c1-2-20(9-11-5-3-4-6-19-11)15(21)10-7-12(16)14(18)13(17)8-10/h3-8H,2,9H2,1H3. The lowest BCUT2D eigenvalue weighted by molar-refractivity contribution is 0.0749. The second kappa shape index (κ2) is 6.39. The minimum absolute atomic E-state index is 0.205. The SMILES string of the molecule is CCN(Cc1ccccn1)C(=O)c1cc(F)c(F)c(F)c1. The van der Waals surface area contributed by atoms with Gasteiger partial charge >= 0.3 is 0 Å². The number of hydrogen-bond acceptors (Lipinski definition) is 2. The van der Waals surface area contributed by atoms with Gasteiger partial charge in [-0.2, -0.15) is 0 Å². The van der Waals surface area contributed by atoms with Crippen LogP contribution in [0.1, 0.15) is 23.0 Å². The number of benzene rings is 1. The van der Waals surface area contributed by atoms with Crippen molar-refractivity contribution >= 4 is 5.91 Å². The second-order valence-electron chi connectivity index (χ2n) is 4.39. The van der Waals surface area contributed by atoms with E-state index in [1.165, 1.54) is 4.90 Å². The fourth-order valence-corrected chi connectivity index (χ4v) is 1.88. The smallest absolute Gasteiger partial charge is 0.254 e. The van der Waals surface area contributed by atoms with Gasteiger partial charge in [-0.1, -0.05) is 6.07 Å². The molecule has 0 unspecified atom stereocenters. The van der Waals surface area contributed by atoms with Crippen LogP contribution in [0.3, 0.4) is 0 Å². The van der Waals surface area contributed by atoms with E-state index < -0.39 is 23.4 Å². The van der Waals surface area contributed by atoms with Gasteiger partial charge in [0.05, 0.1) is 12.2 Å². The highest BCUT2D eigenvalue weighted by Gasteiger charge is 2.19. The Morgan fingerprint density at radius 1 is 1.19 bits per heavy atom. The molecule has 3 nitrogen and oxygen atoms in total. The molecule has 0 aliphatic carbocycles. The summed E-state index contributed by atoms with van der Waals surface area (Å²) < 4.78 is 39.3. The van der Waals surface area contributed by atoms with Crippen LogP contribution in [0.2, 0.25) is 0 Å². The number of hydrogen-bond donors (Lipinski definition) is 0. The number of amides is 1. The summed E-state index contributed by atoms with van der Waals surface area (Å²) in [6.45, 7) is 2.27. The minimum atomic E-state index is -1.58. The zero-order valence-electron chi connectivity index (χ0n) is 11.3. The van der Waals surface area contributed by atoms with E-state index in [-0.39, 0.29) is 12.1 Å². The molecule has 0 bridgehead atoms. The van der Waals surface area contributed by atoms with Crippen LogP contribution in [0.5, 0.6) is 0 Å². The van der Waals surface area contributed by atoms with Crippen LogP contribution in [0, 0.1) is 17.5 Å². The van der Waals surface area contributed by atoms with Crippen LogP contribution in [0.4, 0.5) is 13.2 Å². The van der Waals surface area contributed by atoms with E-state index in [1.54, 1.807) is 31.3 Å². The van der Waals surface area contributed by atoms with Gasteiger partial charge in [-0.25, -0.2) is 13.2 Å². The number of pyridine rings is 1. The molecule has 0 aliphatic heterocycles. The Labute approximate surface area is 120 Å². The van der Waals surface area contributed by atoms with E-state index in [4.69, 9.17) is 0 Å². The van der Waals surface area contributed by atoms with Crippen LogP contribution in [-0.2, 0) is 6.54 Å². The molecule has 0 atom stereocenters. The Kier molecular flexibility index (Phi) is 4.57. The third kappa shape index (κ3) is 3.39. The van der Waals surface area contributed by atoms with Gasteiger partial charge in [0.2, 0.25) is 0 Å². The highest BCUT2D eigenvalue weighted by Crippen LogP contribution is 2.16. The molecular formula is C15H13F3N2O. The van der Waals surface area contributed by atoms with Crippen molar-refractivity contribution in [1.82, 2.24) is 9.88 Å². The number of carbonyl (C=O) groups excluding carboxylic acids is 1. The topological polar surface area (TPSA) is 33.2 Å². The van der Waals surface area contributed by atoms with Crippen molar-refractivity contribution in [2.24, 2.45) is 0 Å². The predicted molar refractivity (Wildman–Crippen MR) is 71.0 cm³/mol. The summed E-state index contributed by atoms with van der Waals surface area (Å²) in [5.41, 5.74) is 0.417. The quantitative estimate of drug-likeness (QED) is 0.812. The Bertz CT molecular complexity index is 624. The normalized spacial score (nSPS) is 10.5. The summed E-state index contributed by atoms with van der Waals surface area (Å²) in [5.74, 6) is -4.93. The lowest BCUT2D eigenvalue weighted by atomic mass is 10.1. The highest BCUT2D eigenvalue weighted by molar-refractivity contribution is 5.94. The summed E-state index contributed by atoms with van der Waals surface area (Å²) in [6.07, 6.45) is 1.59. The first-order valence-electron chi connectivity index (χ1n) is 6.36. The molecule has 0 aliphatic rings. The summed E-state index contributed by atoms with van der Waals surface area (Å²) in [4.78, 5) is 17.7. The van der Waals surface area contributed by atoms with Crippen LogP contribution >= 0.6 is 0 Å². The number of nitrogens with zero attached hydrogens (tertiary/aromatic N) is 2. The highest BCUT2D eigenvalue weighted by atomic mass is 19.2. The van der Waals surface area contributed by atoms with E-state index in [9.17, 15) is 18.0 Å². The van der Waals surface area contributed by atoms with Gasteiger partial charge in [0.25, 0.3) is 5.91 Å². The molecule has 1 aromatic heterocycles. The van der Waals surface area contributed by atoms with Crippen molar-refractivity contribution < 1.29 is 18.0 Å². The van der Waals surface area contributed by atoms with Gasteiger partial charge in [-0.15, -0.1) is 0 Å². The molecule has 1 heterocycles. The van der Waals surface area contributed by atoms with Gasteiger partial charge in [-0.05, 0) is 31.2 Å². The molecule has 1 amide bonds. The van der Waals surface area contributed by atoms with Crippen molar-refractivity contribution in [2.45, 2.75) is 13.5 Å².